The van der Waals surface area contributed by atoms with Gasteiger partial charge in [-0.25, -0.2) is 4.79 Å². The fourth-order valence-electron chi connectivity index (χ4n) is 1.96. The van der Waals surface area contributed by atoms with E-state index in [4.69, 9.17) is 16.6 Å². The number of unbranched alkanes of at least 4 members (excludes halogenated alkanes) is 2. The van der Waals surface area contributed by atoms with Crippen LogP contribution in [0.25, 0.3) is 0 Å². The smallest absolute Gasteiger partial charge is 0.471 e. The summed E-state index contributed by atoms with van der Waals surface area (Å²) in [5.41, 5.74) is 10.5. The van der Waals surface area contributed by atoms with Gasteiger partial charge in [-0.3, -0.25) is 14.5 Å². The maximum absolute atomic E-state index is 12.7. The number of halogens is 3. The van der Waals surface area contributed by atoms with Gasteiger partial charge in [-0.2, -0.15) is 13.2 Å². The predicted octanol–water partition coefficient (Wildman–Crippen LogP) is 0.615. The number of hydrogen-bond acceptors (Lipinski definition) is 5. The van der Waals surface area contributed by atoms with Crippen LogP contribution in [0, 0.1) is 0 Å². The van der Waals surface area contributed by atoms with Crippen molar-refractivity contribution in [2.45, 2.75) is 50.7 Å². The molecule has 1 atom stereocenters. The van der Waals surface area contributed by atoms with Gasteiger partial charge in [-0.15, -0.1) is 0 Å². The second-order valence-electron chi connectivity index (χ2n) is 4.95. The van der Waals surface area contributed by atoms with Gasteiger partial charge < -0.3 is 16.6 Å². The Morgan fingerprint density at radius 2 is 1.57 bits per heavy atom. The average molecular weight is 341 g/mol. The van der Waals surface area contributed by atoms with Crippen molar-refractivity contribution in [3.05, 3.63) is 0 Å². The molecule has 0 spiro atoms. The number of aliphatic carboxylic acids is 1. The molecule has 2 amide bonds. The van der Waals surface area contributed by atoms with Crippen molar-refractivity contribution >= 4 is 17.8 Å². The summed E-state index contributed by atoms with van der Waals surface area (Å²) in [6.45, 7) is 0.399. The Balaban J connectivity index is 5.23. The van der Waals surface area contributed by atoms with E-state index < -0.39 is 30.0 Å². The number of alkyl halides is 3. The van der Waals surface area contributed by atoms with E-state index in [1.54, 1.807) is 0 Å². The second-order valence-corrected chi connectivity index (χ2v) is 4.95. The van der Waals surface area contributed by atoms with Crippen LogP contribution in [0.5, 0.6) is 0 Å². The molecular formula is C13H22F3N3O4. The van der Waals surface area contributed by atoms with Gasteiger partial charge in [0.25, 0.3) is 0 Å². The van der Waals surface area contributed by atoms with E-state index in [-0.39, 0.29) is 37.1 Å². The molecular weight excluding hydrogens is 319 g/mol. The van der Waals surface area contributed by atoms with Gasteiger partial charge in [0.1, 0.15) is 6.04 Å². The molecule has 5 N–H and O–H groups in total. The normalized spacial score (nSPS) is 12.7. The van der Waals surface area contributed by atoms with Crippen molar-refractivity contribution in [3.63, 3.8) is 0 Å². The van der Waals surface area contributed by atoms with Crippen molar-refractivity contribution in [1.82, 2.24) is 4.90 Å². The molecule has 0 aliphatic heterocycles. The molecule has 0 aliphatic carbocycles. The number of carbonyl (C=O) groups excluding carboxylic acids is 2. The van der Waals surface area contributed by atoms with Gasteiger partial charge in [0, 0.05) is 6.42 Å². The van der Waals surface area contributed by atoms with Crippen LogP contribution in [0.3, 0.4) is 0 Å². The number of carbonyl (C=O) groups is 3. The molecule has 0 rings (SSSR count). The number of carboxylic acids is 1. The Morgan fingerprint density at radius 3 is 2.00 bits per heavy atom. The summed E-state index contributed by atoms with van der Waals surface area (Å²) in [4.78, 5) is 34.4. The molecule has 0 aromatic heterocycles. The van der Waals surface area contributed by atoms with Crippen molar-refractivity contribution in [1.29, 1.82) is 0 Å². The highest BCUT2D eigenvalue weighted by Crippen LogP contribution is 2.23. The molecule has 134 valence electrons. The fourth-order valence-corrected chi connectivity index (χ4v) is 1.96. The van der Waals surface area contributed by atoms with E-state index in [2.05, 4.69) is 0 Å². The molecule has 0 heterocycles. The highest BCUT2D eigenvalue weighted by molar-refractivity contribution is 6.01. The van der Waals surface area contributed by atoms with Crippen LogP contribution in [0.1, 0.15) is 38.5 Å². The molecule has 0 saturated heterocycles. The molecule has 0 aliphatic rings. The zero-order valence-corrected chi connectivity index (χ0v) is 12.6. The number of rotatable bonds is 10. The minimum atomic E-state index is -5.33. The van der Waals surface area contributed by atoms with Crippen LogP contribution in [0.15, 0.2) is 0 Å². The predicted molar refractivity (Wildman–Crippen MR) is 75.1 cm³/mol. The summed E-state index contributed by atoms with van der Waals surface area (Å²) in [6.07, 6.45) is -4.65. The van der Waals surface area contributed by atoms with Gasteiger partial charge in [0.05, 0.1) is 0 Å². The quantitative estimate of drug-likeness (QED) is 0.500. The summed E-state index contributed by atoms with van der Waals surface area (Å²) in [5.74, 6) is -5.30. The van der Waals surface area contributed by atoms with Crippen molar-refractivity contribution in [2.75, 3.05) is 13.1 Å². The van der Waals surface area contributed by atoms with Crippen LogP contribution in [-0.4, -0.2) is 53.1 Å². The lowest BCUT2D eigenvalue weighted by atomic mass is 10.1. The topological polar surface area (TPSA) is 127 Å². The first-order valence-corrected chi connectivity index (χ1v) is 7.23. The van der Waals surface area contributed by atoms with Crippen molar-refractivity contribution in [2.24, 2.45) is 11.5 Å². The number of amides is 2. The molecule has 0 fully saturated rings. The summed E-state index contributed by atoms with van der Waals surface area (Å²) < 4.78 is 38.0. The lowest BCUT2D eigenvalue weighted by Gasteiger charge is -2.28. The number of carboxylic acid groups (broad SMARTS) is 1. The largest absolute Gasteiger partial charge is 0.480 e. The maximum atomic E-state index is 12.7. The highest BCUT2D eigenvalue weighted by Gasteiger charge is 2.48. The second kappa shape index (κ2) is 10.2. The molecule has 0 aromatic rings. The molecule has 0 radical (unpaired) electrons. The van der Waals surface area contributed by atoms with Gasteiger partial charge in [0.15, 0.2) is 0 Å². The number of nitrogens with zero attached hydrogens (tertiary/aromatic N) is 1. The van der Waals surface area contributed by atoms with E-state index in [1.165, 1.54) is 0 Å². The first-order valence-electron chi connectivity index (χ1n) is 7.23. The number of nitrogens with two attached hydrogens (primary N) is 2. The summed E-state index contributed by atoms with van der Waals surface area (Å²) in [6, 6.07) is -1.88. The Hall–Kier alpha value is -1.68. The number of imide groups is 1. The first kappa shape index (κ1) is 21.3. The van der Waals surface area contributed by atoms with Crippen LogP contribution < -0.4 is 11.5 Å². The van der Waals surface area contributed by atoms with E-state index in [1.807, 2.05) is 0 Å². The third-order valence-electron chi connectivity index (χ3n) is 3.10. The van der Waals surface area contributed by atoms with E-state index in [0.29, 0.717) is 19.4 Å². The third-order valence-corrected chi connectivity index (χ3v) is 3.10. The lowest BCUT2D eigenvalue weighted by Crippen LogP contribution is -2.53. The Kier molecular flexibility index (Phi) is 9.42. The zero-order valence-electron chi connectivity index (χ0n) is 12.6. The number of hydrogen-bond donors (Lipinski definition) is 3. The van der Waals surface area contributed by atoms with Crippen LogP contribution in [0.4, 0.5) is 13.2 Å². The highest BCUT2D eigenvalue weighted by atomic mass is 19.4. The zero-order chi connectivity index (χ0) is 18.0. The lowest BCUT2D eigenvalue weighted by molar-refractivity contribution is -0.192. The van der Waals surface area contributed by atoms with E-state index in [9.17, 15) is 27.6 Å². The molecule has 10 heteroatoms. The Morgan fingerprint density at radius 1 is 1.00 bits per heavy atom. The monoisotopic (exact) mass is 341 g/mol. The SMILES string of the molecule is NCCCCCC(=O)N(C(=O)C(F)(F)F)C(CCCN)C(=O)O. The average Bonchev–Trinajstić information content (AvgIpc) is 2.45. The molecule has 23 heavy (non-hydrogen) atoms. The van der Waals surface area contributed by atoms with Gasteiger partial charge in [0.2, 0.25) is 5.91 Å². The van der Waals surface area contributed by atoms with Crippen LogP contribution >= 0.6 is 0 Å². The summed E-state index contributed by atoms with van der Waals surface area (Å²) in [5, 5.41) is 9.07. The molecule has 1 unspecified atom stereocenters. The van der Waals surface area contributed by atoms with Gasteiger partial charge in [-0.05, 0) is 38.8 Å². The third kappa shape index (κ3) is 7.42. The fraction of sp³-hybridized carbons (Fsp3) is 0.769. The van der Waals surface area contributed by atoms with Crippen molar-refractivity contribution in [3.8, 4) is 0 Å². The van der Waals surface area contributed by atoms with Gasteiger partial charge in [-0.1, -0.05) is 6.42 Å². The Labute approximate surface area is 131 Å². The first-order chi connectivity index (χ1) is 10.7. The van der Waals surface area contributed by atoms with E-state index >= 15 is 0 Å². The molecule has 0 saturated carbocycles. The summed E-state index contributed by atoms with van der Waals surface area (Å²) >= 11 is 0. The van der Waals surface area contributed by atoms with Crippen LogP contribution in [0.2, 0.25) is 0 Å². The maximum Gasteiger partial charge on any atom is 0.471 e. The Bertz CT molecular complexity index is 416. The minimum Gasteiger partial charge on any atom is -0.480 e. The minimum absolute atomic E-state index is 0.0303. The molecule has 0 aromatic carbocycles. The molecule has 7 nitrogen and oxygen atoms in total. The summed E-state index contributed by atoms with van der Waals surface area (Å²) in [7, 11) is 0. The standard InChI is InChI=1S/C13H22F3N3O4/c14-13(15,16)12(23)19(9(11(21)22)5-4-8-18)10(20)6-2-1-3-7-17/h9H,1-8,17-18H2,(H,21,22). The van der Waals surface area contributed by atoms with Crippen LogP contribution in [-0.2, 0) is 14.4 Å². The molecule has 0 bridgehead atoms. The van der Waals surface area contributed by atoms with E-state index in [0.717, 1.165) is 0 Å². The van der Waals surface area contributed by atoms with Gasteiger partial charge >= 0.3 is 18.1 Å². The van der Waals surface area contributed by atoms with Crippen molar-refractivity contribution < 1.29 is 32.7 Å².